The first-order valence-electron chi connectivity index (χ1n) is 6.77. The highest BCUT2D eigenvalue weighted by molar-refractivity contribution is 6.34. The zero-order valence-corrected chi connectivity index (χ0v) is 11.7. The third kappa shape index (κ3) is 2.64. The van der Waals surface area contributed by atoms with Crippen LogP contribution in [0.3, 0.4) is 0 Å². The number of carbonyl (C=O) groups excluding carboxylic acids is 2. The maximum Gasteiger partial charge on any atom is 0.228 e. The van der Waals surface area contributed by atoms with Gasteiger partial charge in [-0.25, -0.2) is 0 Å². The third-order valence-electron chi connectivity index (χ3n) is 3.74. The van der Waals surface area contributed by atoms with Crippen molar-refractivity contribution in [2.75, 3.05) is 23.7 Å². The number of rotatable bonds is 2. The molecule has 106 valence electrons. The Morgan fingerprint density at radius 1 is 1.40 bits per heavy atom. The van der Waals surface area contributed by atoms with Crippen LogP contribution in [0.2, 0.25) is 5.02 Å². The summed E-state index contributed by atoms with van der Waals surface area (Å²) in [6.45, 7) is 1.67. The van der Waals surface area contributed by atoms with Crippen LogP contribution in [0.15, 0.2) is 12.1 Å². The maximum atomic E-state index is 12.2. The molecule has 2 amide bonds. The molecule has 0 aliphatic carbocycles. The standard InChI is InChI=1S/C14H16ClN3O2/c15-10-6-11-9(5-13(19)17-11)4-12(10)18-14(20)8-2-1-3-16-7-8/h4,6,8,16H,1-3,5,7H2,(H,17,19)(H,18,20)/t8-/m1/s1. The fourth-order valence-electron chi connectivity index (χ4n) is 2.65. The van der Waals surface area contributed by atoms with E-state index in [0.29, 0.717) is 23.7 Å². The molecule has 0 radical (unpaired) electrons. The molecule has 1 atom stereocenters. The van der Waals surface area contributed by atoms with Crippen molar-refractivity contribution in [2.45, 2.75) is 19.3 Å². The van der Waals surface area contributed by atoms with Gasteiger partial charge in [0.25, 0.3) is 0 Å². The number of nitrogens with one attached hydrogen (secondary N) is 3. The summed E-state index contributed by atoms with van der Waals surface area (Å²) < 4.78 is 0. The molecule has 0 saturated carbocycles. The number of carbonyl (C=O) groups is 2. The second-order valence-corrected chi connectivity index (χ2v) is 5.65. The van der Waals surface area contributed by atoms with Crippen LogP contribution in [-0.4, -0.2) is 24.9 Å². The lowest BCUT2D eigenvalue weighted by molar-refractivity contribution is -0.120. The van der Waals surface area contributed by atoms with E-state index in [1.54, 1.807) is 12.1 Å². The van der Waals surface area contributed by atoms with Crippen molar-refractivity contribution in [3.8, 4) is 0 Å². The highest BCUT2D eigenvalue weighted by Gasteiger charge is 2.23. The predicted molar refractivity (Wildman–Crippen MR) is 78.0 cm³/mol. The number of hydrogen-bond acceptors (Lipinski definition) is 3. The normalized spacial score (nSPS) is 21.2. The number of amides is 2. The van der Waals surface area contributed by atoms with Crippen molar-refractivity contribution in [3.63, 3.8) is 0 Å². The summed E-state index contributed by atoms with van der Waals surface area (Å²) in [5.74, 6) is -0.0832. The number of anilines is 2. The molecule has 1 fully saturated rings. The maximum absolute atomic E-state index is 12.2. The molecule has 2 aliphatic heterocycles. The summed E-state index contributed by atoms with van der Waals surface area (Å²) >= 11 is 6.16. The minimum Gasteiger partial charge on any atom is -0.325 e. The average molecular weight is 294 g/mol. The summed E-state index contributed by atoms with van der Waals surface area (Å²) in [5, 5.41) is 9.27. The van der Waals surface area contributed by atoms with Gasteiger partial charge >= 0.3 is 0 Å². The van der Waals surface area contributed by atoms with Gasteiger partial charge in [-0.3, -0.25) is 9.59 Å². The molecule has 6 heteroatoms. The van der Waals surface area contributed by atoms with Gasteiger partial charge in [0.15, 0.2) is 0 Å². The zero-order chi connectivity index (χ0) is 14.1. The Morgan fingerprint density at radius 3 is 3.00 bits per heavy atom. The van der Waals surface area contributed by atoms with E-state index in [9.17, 15) is 9.59 Å². The number of fused-ring (bicyclic) bond motifs is 1. The Balaban J connectivity index is 1.76. The number of halogens is 1. The van der Waals surface area contributed by atoms with Gasteiger partial charge in [-0.1, -0.05) is 11.6 Å². The van der Waals surface area contributed by atoms with E-state index in [1.165, 1.54) is 0 Å². The topological polar surface area (TPSA) is 70.2 Å². The van der Waals surface area contributed by atoms with Gasteiger partial charge < -0.3 is 16.0 Å². The Hall–Kier alpha value is -1.59. The van der Waals surface area contributed by atoms with Gasteiger partial charge in [0, 0.05) is 12.2 Å². The van der Waals surface area contributed by atoms with Crippen LogP contribution < -0.4 is 16.0 Å². The molecule has 1 aromatic rings. The average Bonchev–Trinajstić information content (AvgIpc) is 2.79. The first-order chi connectivity index (χ1) is 9.63. The lowest BCUT2D eigenvalue weighted by Gasteiger charge is -2.22. The first kappa shape index (κ1) is 13.4. The van der Waals surface area contributed by atoms with Crippen molar-refractivity contribution in [1.82, 2.24) is 5.32 Å². The van der Waals surface area contributed by atoms with Crippen LogP contribution in [0.5, 0.6) is 0 Å². The minimum absolute atomic E-state index is 0.0173. The molecule has 0 spiro atoms. The molecule has 0 aromatic heterocycles. The van der Waals surface area contributed by atoms with Gasteiger partial charge in [0.05, 0.1) is 23.0 Å². The smallest absolute Gasteiger partial charge is 0.228 e. The van der Waals surface area contributed by atoms with Gasteiger partial charge in [-0.2, -0.15) is 0 Å². The van der Waals surface area contributed by atoms with E-state index in [-0.39, 0.29) is 17.7 Å². The fourth-order valence-corrected chi connectivity index (χ4v) is 2.87. The summed E-state index contributed by atoms with van der Waals surface area (Å²) in [7, 11) is 0. The van der Waals surface area contributed by atoms with E-state index in [4.69, 9.17) is 11.6 Å². The SMILES string of the molecule is O=C1Cc2cc(NC(=O)[C@@H]3CCCNC3)c(Cl)cc2N1. The first-order valence-corrected chi connectivity index (χ1v) is 7.15. The van der Waals surface area contributed by atoms with Crippen LogP contribution in [0, 0.1) is 5.92 Å². The number of piperidine rings is 1. The Bertz CT molecular complexity index is 568. The molecule has 2 aliphatic rings. The molecule has 20 heavy (non-hydrogen) atoms. The van der Waals surface area contributed by atoms with Crippen LogP contribution in [-0.2, 0) is 16.0 Å². The highest BCUT2D eigenvalue weighted by atomic mass is 35.5. The predicted octanol–water partition coefficient (Wildman–Crippen LogP) is 1.77. The summed E-state index contributed by atoms with van der Waals surface area (Å²) in [6.07, 6.45) is 2.23. The highest BCUT2D eigenvalue weighted by Crippen LogP contribution is 2.33. The van der Waals surface area contributed by atoms with Gasteiger partial charge in [0.2, 0.25) is 11.8 Å². The van der Waals surface area contributed by atoms with Crippen LogP contribution in [0.1, 0.15) is 18.4 Å². The molecule has 0 bridgehead atoms. The van der Waals surface area contributed by atoms with Crippen molar-refractivity contribution < 1.29 is 9.59 Å². The van der Waals surface area contributed by atoms with E-state index in [0.717, 1.165) is 30.6 Å². The minimum atomic E-state index is -0.0453. The monoisotopic (exact) mass is 293 g/mol. The molecule has 0 unspecified atom stereocenters. The van der Waals surface area contributed by atoms with Crippen molar-refractivity contribution in [1.29, 1.82) is 0 Å². The largest absolute Gasteiger partial charge is 0.325 e. The Labute approximate surface area is 122 Å². The van der Waals surface area contributed by atoms with Gasteiger partial charge in [0.1, 0.15) is 0 Å². The van der Waals surface area contributed by atoms with E-state index in [2.05, 4.69) is 16.0 Å². The molecular weight excluding hydrogens is 278 g/mol. The van der Waals surface area contributed by atoms with Crippen molar-refractivity contribution in [2.24, 2.45) is 5.92 Å². The summed E-state index contributed by atoms with van der Waals surface area (Å²) in [5.41, 5.74) is 2.19. The van der Waals surface area contributed by atoms with Crippen molar-refractivity contribution in [3.05, 3.63) is 22.7 Å². The lowest BCUT2D eigenvalue weighted by Crippen LogP contribution is -2.37. The molecular formula is C14H16ClN3O2. The van der Waals surface area contributed by atoms with Crippen LogP contribution in [0.4, 0.5) is 11.4 Å². The van der Waals surface area contributed by atoms with Crippen LogP contribution >= 0.6 is 11.6 Å². The van der Waals surface area contributed by atoms with E-state index < -0.39 is 0 Å². The lowest BCUT2D eigenvalue weighted by atomic mass is 9.98. The Kier molecular flexibility index (Phi) is 3.63. The Morgan fingerprint density at radius 2 is 2.25 bits per heavy atom. The molecule has 1 aromatic carbocycles. The molecule has 5 nitrogen and oxygen atoms in total. The molecule has 2 heterocycles. The zero-order valence-electron chi connectivity index (χ0n) is 11.0. The number of hydrogen-bond donors (Lipinski definition) is 3. The van der Waals surface area contributed by atoms with E-state index in [1.807, 2.05) is 0 Å². The molecule has 1 saturated heterocycles. The molecule has 3 rings (SSSR count). The van der Waals surface area contributed by atoms with Gasteiger partial charge in [-0.15, -0.1) is 0 Å². The van der Waals surface area contributed by atoms with E-state index >= 15 is 0 Å². The second kappa shape index (κ2) is 5.42. The summed E-state index contributed by atoms with van der Waals surface area (Å²) in [6, 6.07) is 3.47. The van der Waals surface area contributed by atoms with Crippen molar-refractivity contribution >= 4 is 34.8 Å². The second-order valence-electron chi connectivity index (χ2n) is 5.25. The summed E-state index contributed by atoms with van der Waals surface area (Å²) in [4.78, 5) is 23.5. The number of benzene rings is 1. The quantitative estimate of drug-likeness (QED) is 0.778. The third-order valence-corrected chi connectivity index (χ3v) is 4.06. The van der Waals surface area contributed by atoms with Gasteiger partial charge in [-0.05, 0) is 37.1 Å². The fraction of sp³-hybridized carbons (Fsp3) is 0.429. The van der Waals surface area contributed by atoms with Crippen LogP contribution in [0.25, 0.3) is 0 Å². The molecule has 3 N–H and O–H groups in total.